The third-order valence-electron chi connectivity index (χ3n) is 4.15. The Morgan fingerprint density at radius 2 is 1.83 bits per heavy atom. The van der Waals surface area contributed by atoms with Crippen LogP contribution in [0.1, 0.15) is 41.5 Å². The van der Waals surface area contributed by atoms with Crippen LogP contribution in [0.5, 0.6) is 5.75 Å². The van der Waals surface area contributed by atoms with Gasteiger partial charge in [-0.25, -0.2) is 9.59 Å². The van der Waals surface area contributed by atoms with Crippen molar-refractivity contribution in [2.45, 2.75) is 27.3 Å². The minimum Gasteiger partial charge on any atom is -0.493 e. The zero-order chi connectivity index (χ0) is 21.7. The molecule has 1 heterocycles. The second-order valence-electron chi connectivity index (χ2n) is 6.84. The summed E-state index contributed by atoms with van der Waals surface area (Å²) in [6, 6.07) is 6.46. The summed E-state index contributed by atoms with van der Waals surface area (Å²) in [6.07, 6.45) is 0. The van der Waals surface area contributed by atoms with Crippen LogP contribution in [0.3, 0.4) is 0 Å². The van der Waals surface area contributed by atoms with Crippen LogP contribution in [0, 0.1) is 5.92 Å². The fourth-order valence-corrected chi connectivity index (χ4v) is 2.78. The molecule has 0 atom stereocenters. The van der Waals surface area contributed by atoms with Crippen molar-refractivity contribution in [3.05, 3.63) is 56.2 Å². The molecule has 9 nitrogen and oxygen atoms in total. The number of aromatic nitrogens is 2. The number of rotatable bonds is 8. The van der Waals surface area contributed by atoms with E-state index in [0.717, 1.165) is 4.57 Å². The smallest absolute Gasteiger partial charge is 0.342 e. The van der Waals surface area contributed by atoms with E-state index in [1.807, 2.05) is 13.8 Å². The van der Waals surface area contributed by atoms with Crippen LogP contribution in [0.25, 0.3) is 0 Å². The Bertz CT molecular complexity index is 1040. The Morgan fingerprint density at radius 1 is 1.17 bits per heavy atom. The van der Waals surface area contributed by atoms with Gasteiger partial charge in [0, 0.05) is 13.6 Å². The molecule has 2 rings (SSSR count). The first-order chi connectivity index (χ1) is 13.7. The van der Waals surface area contributed by atoms with E-state index >= 15 is 0 Å². The monoisotopic (exact) mass is 403 g/mol. The largest absolute Gasteiger partial charge is 0.493 e. The Balaban J connectivity index is 2.30. The van der Waals surface area contributed by atoms with Gasteiger partial charge in [0.2, 0.25) is 5.78 Å². The van der Waals surface area contributed by atoms with E-state index < -0.39 is 29.6 Å². The van der Waals surface area contributed by atoms with Crippen molar-refractivity contribution in [1.29, 1.82) is 0 Å². The highest BCUT2D eigenvalue weighted by molar-refractivity contribution is 6.02. The summed E-state index contributed by atoms with van der Waals surface area (Å²) in [5, 5.41) is 0. The lowest BCUT2D eigenvalue weighted by Gasteiger charge is -2.16. The predicted octanol–water partition coefficient (Wildman–Crippen LogP) is 1.22. The van der Waals surface area contributed by atoms with Crippen LogP contribution in [-0.2, 0) is 18.3 Å². The number of hydrogen-bond acceptors (Lipinski definition) is 7. The fourth-order valence-electron chi connectivity index (χ4n) is 2.78. The minimum atomic E-state index is -0.830. The highest BCUT2D eigenvalue weighted by Gasteiger charge is 2.23. The molecule has 2 aromatic rings. The van der Waals surface area contributed by atoms with Crippen molar-refractivity contribution >= 4 is 17.6 Å². The number of esters is 1. The molecule has 9 heteroatoms. The van der Waals surface area contributed by atoms with Gasteiger partial charge in [-0.15, -0.1) is 0 Å². The highest BCUT2D eigenvalue weighted by Crippen LogP contribution is 2.19. The molecule has 1 aromatic carbocycles. The minimum absolute atomic E-state index is 0.0587. The fraction of sp³-hybridized carbons (Fsp3) is 0.400. The van der Waals surface area contributed by atoms with Crippen LogP contribution < -0.4 is 21.7 Å². The first kappa shape index (κ1) is 21.9. The molecule has 0 fully saturated rings. The zero-order valence-corrected chi connectivity index (χ0v) is 16.9. The summed E-state index contributed by atoms with van der Waals surface area (Å²) >= 11 is 0. The number of nitrogen functional groups attached to an aromatic ring is 1. The summed E-state index contributed by atoms with van der Waals surface area (Å²) in [7, 11) is 1.27. The lowest BCUT2D eigenvalue weighted by Crippen LogP contribution is -2.43. The molecule has 0 saturated heterocycles. The topological polar surface area (TPSA) is 123 Å². The van der Waals surface area contributed by atoms with E-state index in [4.69, 9.17) is 15.2 Å². The molecule has 0 aliphatic rings. The highest BCUT2D eigenvalue weighted by atomic mass is 16.5. The van der Waals surface area contributed by atoms with Gasteiger partial charge in [0.15, 0.2) is 6.61 Å². The van der Waals surface area contributed by atoms with Crippen LogP contribution in [0.4, 0.5) is 5.82 Å². The average Bonchev–Trinajstić information content (AvgIpc) is 2.68. The van der Waals surface area contributed by atoms with Gasteiger partial charge in [0.1, 0.15) is 22.7 Å². The van der Waals surface area contributed by atoms with E-state index in [0.29, 0.717) is 12.4 Å². The van der Waals surface area contributed by atoms with Gasteiger partial charge in [-0.3, -0.25) is 18.7 Å². The van der Waals surface area contributed by atoms with E-state index in [1.54, 1.807) is 25.1 Å². The van der Waals surface area contributed by atoms with Crippen LogP contribution in [-0.4, -0.2) is 34.1 Å². The molecule has 0 saturated carbocycles. The normalized spacial score (nSPS) is 10.8. The molecule has 0 spiro atoms. The molecule has 0 aliphatic carbocycles. The lowest BCUT2D eigenvalue weighted by molar-refractivity contribution is 0.0470. The first-order valence-electron chi connectivity index (χ1n) is 9.20. The zero-order valence-electron chi connectivity index (χ0n) is 16.9. The second kappa shape index (κ2) is 9.22. The maximum atomic E-state index is 12.6. The van der Waals surface area contributed by atoms with Crippen molar-refractivity contribution in [2.24, 2.45) is 13.0 Å². The molecule has 1 aromatic heterocycles. The van der Waals surface area contributed by atoms with Gasteiger partial charge in [0.05, 0.1) is 6.61 Å². The van der Waals surface area contributed by atoms with Crippen LogP contribution in [0.15, 0.2) is 33.9 Å². The molecule has 0 unspecified atom stereocenters. The Hall–Kier alpha value is -3.36. The van der Waals surface area contributed by atoms with Crippen molar-refractivity contribution < 1.29 is 19.1 Å². The summed E-state index contributed by atoms with van der Waals surface area (Å²) in [4.78, 5) is 49.7. The quantitative estimate of drug-likeness (QED) is 0.519. The molecular weight excluding hydrogens is 378 g/mol. The molecule has 0 aliphatic heterocycles. The van der Waals surface area contributed by atoms with Gasteiger partial charge in [-0.05, 0) is 25.0 Å². The molecule has 156 valence electrons. The van der Waals surface area contributed by atoms with Crippen LogP contribution >= 0.6 is 0 Å². The Labute approximate surface area is 167 Å². The maximum Gasteiger partial charge on any atom is 0.342 e. The summed E-state index contributed by atoms with van der Waals surface area (Å²) in [5.74, 6) is -1.41. The number of hydrogen-bond donors (Lipinski definition) is 1. The second-order valence-corrected chi connectivity index (χ2v) is 6.84. The number of nitrogens with two attached hydrogens (primary N) is 1. The Morgan fingerprint density at radius 3 is 2.45 bits per heavy atom. The number of anilines is 1. The molecule has 2 N–H and O–H groups in total. The number of carbonyl (C=O) groups excluding carboxylic acids is 2. The number of benzene rings is 1. The molecule has 29 heavy (non-hydrogen) atoms. The number of ketones is 1. The van der Waals surface area contributed by atoms with Gasteiger partial charge in [0.25, 0.3) is 5.56 Å². The van der Waals surface area contributed by atoms with Gasteiger partial charge < -0.3 is 15.2 Å². The van der Waals surface area contributed by atoms with E-state index in [1.165, 1.54) is 17.7 Å². The van der Waals surface area contributed by atoms with Crippen LogP contribution in [0.2, 0.25) is 0 Å². The standard InChI is InChI=1S/C20H25N3O6/c1-5-28-15-9-7-6-8-13(15)19(26)29-11-14(24)16-17(21)23(10-12(2)3)20(27)22(4)18(16)25/h6-9,12H,5,10-11,21H2,1-4H3. The van der Waals surface area contributed by atoms with E-state index in [2.05, 4.69) is 0 Å². The van der Waals surface area contributed by atoms with E-state index in [-0.39, 0.29) is 29.4 Å². The summed E-state index contributed by atoms with van der Waals surface area (Å²) < 4.78 is 12.4. The van der Waals surface area contributed by atoms with Crippen molar-refractivity contribution in [2.75, 3.05) is 18.9 Å². The summed E-state index contributed by atoms with van der Waals surface area (Å²) in [6.45, 7) is 5.41. The third-order valence-corrected chi connectivity index (χ3v) is 4.15. The molecule has 0 radical (unpaired) electrons. The van der Waals surface area contributed by atoms with Crippen molar-refractivity contribution in [3.8, 4) is 5.75 Å². The number of nitrogens with zero attached hydrogens (tertiary/aromatic N) is 2. The number of Topliss-reactive ketones (excluding diaryl/α,β-unsaturated/α-hetero) is 1. The third kappa shape index (κ3) is 4.74. The lowest BCUT2D eigenvalue weighted by atomic mass is 10.1. The van der Waals surface area contributed by atoms with Gasteiger partial charge >= 0.3 is 11.7 Å². The number of ether oxygens (including phenoxy) is 2. The maximum absolute atomic E-state index is 12.6. The summed E-state index contributed by atoms with van der Waals surface area (Å²) in [5.41, 5.74) is 4.30. The van der Waals surface area contributed by atoms with Gasteiger partial charge in [-0.1, -0.05) is 26.0 Å². The SMILES string of the molecule is CCOc1ccccc1C(=O)OCC(=O)c1c(N)n(CC(C)C)c(=O)n(C)c1=O. The number of carbonyl (C=O) groups is 2. The van der Waals surface area contributed by atoms with Gasteiger partial charge in [-0.2, -0.15) is 0 Å². The van der Waals surface area contributed by atoms with Crippen molar-refractivity contribution in [3.63, 3.8) is 0 Å². The molecule has 0 amide bonds. The Kier molecular flexibility index (Phi) is 6.98. The average molecular weight is 403 g/mol. The number of para-hydroxylation sites is 1. The molecular formula is C20H25N3O6. The first-order valence-corrected chi connectivity index (χ1v) is 9.20. The van der Waals surface area contributed by atoms with Crippen molar-refractivity contribution in [1.82, 2.24) is 9.13 Å². The van der Waals surface area contributed by atoms with E-state index in [9.17, 15) is 19.2 Å². The predicted molar refractivity (Wildman–Crippen MR) is 107 cm³/mol. The molecule has 0 bridgehead atoms.